The minimum atomic E-state index is 0.494. The van der Waals surface area contributed by atoms with Crippen molar-refractivity contribution in [2.45, 2.75) is 33.4 Å². The number of aryl methyl sites for hydroxylation is 1. The lowest BCUT2D eigenvalue weighted by molar-refractivity contribution is 0.210. The second-order valence-electron chi connectivity index (χ2n) is 4.46. The lowest BCUT2D eigenvalue weighted by atomic mass is 10.2. The Labute approximate surface area is 104 Å². The van der Waals surface area contributed by atoms with Gasteiger partial charge in [0.15, 0.2) is 0 Å². The number of hydrogen-bond acceptors (Lipinski definition) is 4. The number of nitrogens with zero attached hydrogens (tertiary/aromatic N) is 1. The minimum Gasteiger partial charge on any atom is -0.383 e. The number of rotatable bonds is 7. The summed E-state index contributed by atoms with van der Waals surface area (Å²) in [7, 11) is 1.70. The maximum absolute atomic E-state index is 5.00. The average Bonchev–Trinajstić information content (AvgIpc) is 2.26. The minimum absolute atomic E-state index is 0.494. The van der Waals surface area contributed by atoms with Crippen LogP contribution >= 0.6 is 0 Å². The Morgan fingerprint density at radius 2 is 2.12 bits per heavy atom. The molecule has 0 aliphatic rings. The van der Waals surface area contributed by atoms with E-state index in [0.717, 1.165) is 24.6 Å². The predicted octanol–water partition coefficient (Wildman–Crippen LogP) is 1.95. The van der Waals surface area contributed by atoms with Gasteiger partial charge in [-0.3, -0.25) is 0 Å². The summed E-state index contributed by atoms with van der Waals surface area (Å²) in [4.78, 5) is 4.44. The van der Waals surface area contributed by atoms with E-state index >= 15 is 0 Å². The first-order valence-corrected chi connectivity index (χ1v) is 6.05. The third-order valence-electron chi connectivity index (χ3n) is 2.34. The number of aromatic nitrogens is 1. The molecular weight excluding hydrogens is 214 g/mol. The highest BCUT2D eigenvalue weighted by molar-refractivity contribution is 5.39. The molecule has 1 aromatic heterocycles. The zero-order chi connectivity index (χ0) is 12.7. The van der Waals surface area contributed by atoms with E-state index in [1.165, 1.54) is 5.56 Å². The molecule has 0 aliphatic carbocycles. The zero-order valence-electron chi connectivity index (χ0n) is 11.2. The van der Waals surface area contributed by atoms with Crippen molar-refractivity contribution in [1.82, 2.24) is 10.3 Å². The normalized spacial score (nSPS) is 10.9. The number of methoxy groups -OCH3 is 1. The molecule has 2 N–H and O–H groups in total. The van der Waals surface area contributed by atoms with Crippen molar-refractivity contribution in [3.63, 3.8) is 0 Å². The molecule has 0 aliphatic heterocycles. The molecule has 0 saturated heterocycles. The number of ether oxygens (including phenoxy) is 1. The SMILES string of the molecule is COCCNc1cc(CNC(C)C)cc(C)n1. The molecule has 4 nitrogen and oxygen atoms in total. The fourth-order valence-electron chi connectivity index (χ4n) is 1.54. The number of hydrogen-bond donors (Lipinski definition) is 2. The van der Waals surface area contributed by atoms with Gasteiger partial charge in [0.1, 0.15) is 5.82 Å². The third-order valence-corrected chi connectivity index (χ3v) is 2.34. The Kier molecular flexibility index (Phi) is 5.94. The first kappa shape index (κ1) is 13.9. The van der Waals surface area contributed by atoms with Crippen LogP contribution in [-0.4, -0.2) is 31.3 Å². The number of pyridine rings is 1. The van der Waals surface area contributed by atoms with E-state index in [9.17, 15) is 0 Å². The largest absolute Gasteiger partial charge is 0.383 e. The second-order valence-corrected chi connectivity index (χ2v) is 4.46. The first-order chi connectivity index (χ1) is 8.11. The summed E-state index contributed by atoms with van der Waals surface area (Å²) in [5.41, 5.74) is 2.29. The van der Waals surface area contributed by atoms with Gasteiger partial charge in [-0.1, -0.05) is 13.8 Å². The molecule has 0 atom stereocenters. The lowest BCUT2D eigenvalue weighted by Gasteiger charge is -2.11. The van der Waals surface area contributed by atoms with E-state index in [2.05, 4.69) is 41.6 Å². The molecule has 0 fully saturated rings. The first-order valence-electron chi connectivity index (χ1n) is 6.05. The van der Waals surface area contributed by atoms with Crippen LogP contribution in [0.1, 0.15) is 25.1 Å². The Bertz CT molecular complexity index is 339. The molecular formula is C13H23N3O. The molecule has 1 aromatic rings. The molecule has 0 spiro atoms. The highest BCUT2D eigenvalue weighted by Crippen LogP contribution is 2.10. The third kappa shape index (κ3) is 5.65. The van der Waals surface area contributed by atoms with Crippen molar-refractivity contribution in [2.75, 3.05) is 25.6 Å². The average molecular weight is 237 g/mol. The Morgan fingerprint density at radius 1 is 1.35 bits per heavy atom. The standard InChI is InChI=1S/C13H23N3O/c1-10(2)15-9-12-7-11(3)16-13(8-12)14-5-6-17-4/h7-8,10,15H,5-6,9H2,1-4H3,(H,14,16). The smallest absolute Gasteiger partial charge is 0.126 e. The van der Waals surface area contributed by atoms with Gasteiger partial charge >= 0.3 is 0 Å². The molecule has 4 heteroatoms. The van der Waals surface area contributed by atoms with Crippen LogP contribution in [0.3, 0.4) is 0 Å². The van der Waals surface area contributed by atoms with Gasteiger partial charge in [0.25, 0.3) is 0 Å². The molecule has 0 unspecified atom stereocenters. The summed E-state index contributed by atoms with van der Waals surface area (Å²) >= 11 is 0. The number of anilines is 1. The highest BCUT2D eigenvalue weighted by atomic mass is 16.5. The maximum Gasteiger partial charge on any atom is 0.126 e. The maximum atomic E-state index is 5.00. The summed E-state index contributed by atoms with van der Waals surface area (Å²) in [5, 5.41) is 6.65. The summed E-state index contributed by atoms with van der Waals surface area (Å²) in [6, 6.07) is 4.68. The van der Waals surface area contributed by atoms with Crippen molar-refractivity contribution in [3.8, 4) is 0 Å². The quantitative estimate of drug-likeness (QED) is 0.712. The van der Waals surface area contributed by atoms with E-state index in [4.69, 9.17) is 4.74 Å². The van der Waals surface area contributed by atoms with E-state index in [-0.39, 0.29) is 0 Å². The summed E-state index contributed by atoms with van der Waals surface area (Å²) in [6.07, 6.45) is 0. The van der Waals surface area contributed by atoms with E-state index in [1.54, 1.807) is 7.11 Å². The van der Waals surface area contributed by atoms with Crippen molar-refractivity contribution in [1.29, 1.82) is 0 Å². The van der Waals surface area contributed by atoms with E-state index in [1.807, 2.05) is 6.92 Å². The van der Waals surface area contributed by atoms with Crippen LogP contribution in [-0.2, 0) is 11.3 Å². The molecule has 1 rings (SSSR count). The van der Waals surface area contributed by atoms with Gasteiger partial charge < -0.3 is 15.4 Å². The van der Waals surface area contributed by atoms with Crippen molar-refractivity contribution < 1.29 is 4.74 Å². The van der Waals surface area contributed by atoms with Gasteiger partial charge in [0.2, 0.25) is 0 Å². The molecule has 17 heavy (non-hydrogen) atoms. The second kappa shape index (κ2) is 7.25. The van der Waals surface area contributed by atoms with E-state index in [0.29, 0.717) is 12.6 Å². The van der Waals surface area contributed by atoms with Crippen LogP contribution in [0.15, 0.2) is 12.1 Å². The van der Waals surface area contributed by atoms with Crippen LogP contribution in [0.2, 0.25) is 0 Å². The highest BCUT2D eigenvalue weighted by Gasteiger charge is 2.01. The van der Waals surface area contributed by atoms with Crippen LogP contribution in [0, 0.1) is 6.92 Å². The molecule has 1 heterocycles. The fourth-order valence-corrected chi connectivity index (χ4v) is 1.54. The van der Waals surface area contributed by atoms with Crippen LogP contribution in [0.4, 0.5) is 5.82 Å². The predicted molar refractivity (Wildman–Crippen MR) is 71.3 cm³/mol. The summed E-state index contributed by atoms with van der Waals surface area (Å²) in [6.45, 7) is 8.65. The fraction of sp³-hybridized carbons (Fsp3) is 0.615. The number of nitrogens with one attached hydrogen (secondary N) is 2. The molecule has 0 saturated carbocycles. The monoisotopic (exact) mass is 237 g/mol. The van der Waals surface area contributed by atoms with Gasteiger partial charge in [-0.15, -0.1) is 0 Å². The van der Waals surface area contributed by atoms with Gasteiger partial charge in [-0.2, -0.15) is 0 Å². The van der Waals surface area contributed by atoms with Gasteiger partial charge in [-0.05, 0) is 24.6 Å². The topological polar surface area (TPSA) is 46.2 Å². The van der Waals surface area contributed by atoms with Gasteiger partial charge in [0.05, 0.1) is 6.61 Å². The zero-order valence-corrected chi connectivity index (χ0v) is 11.2. The summed E-state index contributed by atoms with van der Waals surface area (Å²) in [5.74, 6) is 0.919. The Balaban J connectivity index is 2.59. The molecule has 96 valence electrons. The van der Waals surface area contributed by atoms with Crippen molar-refractivity contribution in [2.24, 2.45) is 0 Å². The van der Waals surface area contributed by atoms with Crippen LogP contribution in [0.25, 0.3) is 0 Å². The molecule has 0 radical (unpaired) electrons. The Morgan fingerprint density at radius 3 is 2.76 bits per heavy atom. The van der Waals surface area contributed by atoms with Gasteiger partial charge in [-0.25, -0.2) is 4.98 Å². The Hall–Kier alpha value is -1.13. The molecule has 0 aromatic carbocycles. The van der Waals surface area contributed by atoms with Crippen molar-refractivity contribution >= 4 is 5.82 Å². The van der Waals surface area contributed by atoms with Crippen LogP contribution in [0.5, 0.6) is 0 Å². The molecule has 0 amide bonds. The lowest BCUT2D eigenvalue weighted by Crippen LogP contribution is -2.22. The van der Waals surface area contributed by atoms with E-state index < -0.39 is 0 Å². The molecule has 0 bridgehead atoms. The van der Waals surface area contributed by atoms with Gasteiger partial charge in [0, 0.05) is 31.9 Å². The summed E-state index contributed by atoms with van der Waals surface area (Å²) < 4.78 is 5.00. The van der Waals surface area contributed by atoms with Crippen molar-refractivity contribution in [3.05, 3.63) is 23.4 Å². The van der Waals surface area contributed by atoms with Crippen LogP contribution < -0.4 is 10.6 Å².